The third-order valence-corrected chi connectivity index (χ3v) is 8.29. The molecule has 2 aromatic rings. The molecule has 0 spiro atoms. The quantitative estimate of drug-likeness (QED) is 0.0719. The van der Waals surface area contributed by atoms with Gasteiger partial charge in [-0.2, -0.15) is 14.0 Å². The highest BCUT2D eigenvalue weighted by Crippen LogP contribution is 2.40. The molecule has 4 heterocycles. The Morgan fingerprint density at radius 3 is 2.66 bits per heavy atom. The van der Waals surface area contributed by atoms with E-state index in [1.807, 2.05) is 0 Å². The number of carboxylic acid groups (broad SMARTS) is 2. The lowest BCUT2D eigenvalue weighted by molar-refractivity contribution is -0.766. The Kier molecular flexibility index (Phi) is 8.22. The molecule has 17 nitrogen and oxygen atoms in total. The average molecular weight is 609 g/mol. The molecule has 0 aromatic carbocycles. The number of aliphatic carboxylic acids is 2. The van der Waals surface area contributed by atoms with Crippen LogP contribution in [-0.2, 0) is 44.0 Å². The fraction of sp³-hybridized carbons (Fsp3) is 0.455. The number of aromatic nitrogens is 4. The van der Waals surface area contributed by atoms with Crippen molar-refractivity contribution in [2.24, 2.45) is 17.9 Å². The van der Waals surface area contributed by atoms with Gasteiger partial charge in [0.2, 0.25) is 23.3 Å². The summed E-state index contributed by atoms with van der Waals surface area (Å²) in [5.41, 5.74) is 16.5. The molecule has 19 heteroatoms. The Bertz CT molecular complexity index is 1480. The number of hydrogen-bond donors (Lipinski definition) is 5. The standard InChI is InChI=1S/C22H28N10O7S2/c1-22(2,20(37)38)39-28-12(15-27-21(25)41-29-15)16(33)26-13-17(34)32-14(19(35)36)9(8-40-18(13)32)6-31-7-10(24)11(4-5-23)30(31)3/h7,13,18H,4-6,8,23-24H2,1-3H3,(H4-,25,26,27,29,33,35,36,37,38)/b28-12-/t13-,18-/m1/s1. The molecule has 0 saturated carbocycles. The van der Waals surface area contributed by atoms with Crippen LogP contribution in [0.15, 0.2) is 22.6 Å². The summed E-state index contributed by atoms with van der Waals surface area (Å²) < 4.78 is 7.41. The SMILES string of the molecule is Cn1c(CCN)c(N)c[n+]1CC1=C(C(=O)[O-])N2C(=O)[C@@H](NC(=O)/C(=N\OC(C)(C)C(=O)O)c3nsc(N)n3)[C@H]2SC1. The maximum atomic E-state index is 13.2. The number of nitrogens with zero attached hydrogens (tertiary/aromatic N) is 6. The summed E-state index contributed by atoms with van der Waals surface area (Å²) in [5.74, 6) is -4.55. The van der Waals surface area contributed by atoms with Crippen LogP contribution in [0.2, 0.25) is 0 Å². The van der Waals surface area contributed by atoms with Gasteiger partial charge in [-0.05, 0) is 20.4 Å². The highest BCUT2D eigenvalue weighted by molar-refractivity contribution is 8.00. The fourth-order valence-corrected chi connectivity index (χ4v) is 5.94. The van der Waals surface area contributed by atoms with E-state index in [9.17, 15) is 29.4 Å². The Morgan fingerprint density at radius 2 is 2.07 bits per heavy atom. The zero-order chi connectivity index (χ0) is 30.2. The minimum atomic E-state index is -1.80. The molecule has 0 radical (unpaired) electrons. The largest absolute Gasteiger partial charge is 0.543 e. The molecular formula is C22H28N10O7S2. The Hall–Kier alpha value is -4.23. The summed E-state index contributed by atoms with van der Waals surface area (Å²) in [7, 11) is 1.77. The molecule has 2 aromatic heterocycles. The first-order chi connectivity index (χ1) is 19.3. The predicted octanol–water partition coefficient (Wildman–Crippen LogP) is -3.48. The number of nitrogens with two attached hydrogens (primary N) is 3. The lowest BCUT2D eigenvalue weighted by Gasteiger charge is -2.50. The Balaban J connectivity index is 1.56. The van der Waals surface area contributed by atoms with Crippen LogP contribution in [0, 0.1) is 0 Å². The number of fused-ring (bicyclic) bond motifs is 1. The summed E-state index contributed by atoms with van der Waals surface area (Å²) in [6.07, 6.45) is 2.19. The molecule has 41 heavy (non-hydrogen) atoms. The first kappa shape index (κ1) is 29.7. The molecule has 4 rings (SSSR count). The minimum Gasteiger partial charge on any atom is -0.543 e. The third kappa shape index (κ3) is 5.68. The van der Waals surface area contributed by atoms with Crippen molar-refractivity contribution in [3.05, 3.63) is 29.0 Å². The molecule has 2 atom stereocenters. The van der Waals surface area contributed by atoms with E-state index in [-0.39, 0.29) is 29.0 Å². The molecule has 8 N–H and O–H groups in total. The van der Waals surface area contributed by atoms with E-state index >= 15 is 0 Å². The summed E-state index contributed by atoms with van der Waals surface area (Å²) >= 11 is 2.01. The number of thioether (sulfide) groups is 1. The molecule has 2 aliphatic heterocycles. The molecule has 0 bridgehead atoms. The average Bonchev–Trinajstić information content (AvgIpc) is 3.44. The zero-order valence-corrected chi connectivity index (χ0v) is 23.8. The van der Waals surface area contributed by atoms with E-state index < -0.39 is 46.5 Å². The van der Waals surface area contributed by atoms with Gasteiger partial charge in [-0.15, -0.1) is 16.4 Å². The van der Waals surface area contributed by atoms with Crippen molar-refractivity contribution in [1.82, 2.24) is 24.3 Å². The van der Waals surface area contributed by atoms with Gasteiger partial charge in [-0.1, -0.05) is 5.16 Å². The molecule has 2 amide bonds. The summed E-state index contributed by atoms with van der Waals surface area (Å²) in [4.78, 5) is 59.9. The van der Waals surface area contributed by atoms with Crippen molar-refractivity contribution in [3.63, 3.8) is 0 Å². The number of amides is 2. The molecular weight excluding hydrogens is 580 g/mol. The summed E-state index contributed by atoms with van der Waals surface area (Å²) in [6.45, 7) is 2.94. The molecule has 1 fully saturated rings. The van der Waals surface area contributed by atoms with Crippen LogP contribution in [0.3, 0.4) is 0 Å². The minimum absolute atomic E-state index is 0.0102. The first-order valence-corrected chi connectivity index (χ1v) is 13.9. The number of carboxylic acids is 2. The molecule has 0 aliphatic carbocycles. The summed E-state index contributed by atoms with van der Waals surface area (Å²) in [6, 6.07) is -1.13. The molecule has 2 aliphatic rings. The Morgan fingerprint density at radius 1 is 1.37 bits per heavy atom. The van der Waals surface area contributed by atoms with Gasteiger partial charge in [0.15, 0.2) is 11.7 Å². The lowest BCUT2D eigenvalue weighted by Crippen LogP contribution is -2.71. The second-order valence-corrected chi connectivity index (χ2v) is 11.5. The number of carbonyl (C=O) groups is 4. The highest BCUT2D eigenvalue weighted by atomic mass is 32.2. The number of β-lactam (4-membered cyclic amide) rings is 1. The van der Waals surface area contributed by atoms with Gasteiger partial charge in [0, 0.05) is 29.3 Å². The maximum Gasteiger partial charge on any atom is 0.350 e. The van der Waals surface area contributed by atoms with Crippen LogP contribution in [0.5, 0.6) is 0 Å². The second kappa shape index (κ2) is 11.3. The van der Waals surface area contributed by atoms with Crippen LogP contribution in [0.25, 0.3) is 0 Å². The number of nitrogens with one attached hydrogen (secondary N) is 1. The monoisotopic (exact) mass is 608 g/mol. The predicted molar refractivity (Wildman–Crippen MR) is 143 cm³/mol. The van der Waals surface area contributed by atoms with Gasteiger partial charge in [-0.25, -0.2) is 4.79 Å². The van der Waals surface area contributed by atoms with Gasteiger partial charge >= 0.3 is 5.97 Å². The van der Waals surface area contributed by atoms with Crippen LogP contribution in [-0.4, -0.2) is 82.8 Å². The fourth-order valence-electron chi connectivity index (χ4n) is 4.17. The van der Waals surface area contributed by atoms with Crippen molar-refractivity contribution >= 4 is 63.6 Å². The number of nitrogen functional groups attached to an aromatic ring is 2. The highest BCUT2D eigenvalue weighted by Gasteiger charge is 2.53. The van der Waals surface area contributed by atoms with E-state index in [2.05, 4.69) is 19.8 Å². The van der Waals surface area contributed by atoms with Crippen molar-refractivity contribution in [2.75, 3.05) is 23.8 Å². The van der Waals surface area contributed by atoms with Gasteiger partial charge in [0.05, 0.1) is 18.7 Å². The number of anilines is 2. The van der Waals surface area contributed by atoms with E-state index in [0.29, 0.717) is 24.2 Å². The smallest absolute Gasteiger partial charge is 0.350 e. The van der Waals surface area contributed by atoms with Crippen molar-refractivity contribution in [1.29, 1.82) is 0 Å². The topological polar surface area (TPSA) is 261 Å². The van der Waals surface area contributed by atoms with Crippen molar-refractivity contribution in [2.45, 2.75) is 43.8 Å². The number of rotatable bonds is 11. The van der Waals surface area contributed by atoms with Crippen molar-refractivity contribution < 1.29 is 38.9 Å². The number of oxime groups is 1. The van der Waals surface area contributed by atoms with Gasteiger partial charge in [-0.3, -0.25) is 14.5 Å². The van der Waals surface area contributed by atoms with E-state index in [4.69, 9.17) is 22.0 Å². The normalized spacial score (nSPS) is 19.1. The molecule has 220 valence electrons. The number of hydrogen-bond acceptors (Lipinski definition) is 14. The zero-order valence-electron chi connectivity index (χ0n) is 22.2. The van der Waals surface area contributed by atoms with Crippen LogP contribution < -0.4 is 32.3 Å². The van der Waals surface area contributed by atoms with Gasteiger partial charge in [0.25, 0.3) is 11.8 Å². The summed E-state index contributed by atoms with van der Waals surface area (Å²) in [5, 5.41) is 26.9. The maximum absolute atomic E-state index is 13.2. The van der Waals surface area contributed by atoms with Crippen LogP contribution in [0.1, 0.15) is 25.4 Å². The third-order valence-electron chi connectivity index (χ3n) is 6.41. The lowest BCUT2D eigenvalue weighted by atomic mass is 10.0. The van der Waals surface area contributed by atoms with Gasteiger partial charge in [0.1, 0.15) is 22.8 Å². The molecule has 0 unspecified atom stereocenters. The van der Waals surface area contributed by atoms with E-state index in [1.54, 1.807) is 22.6 Å². The van der Waals surface area contributed by atoms with E-state index in [1.165, 1.54) is 25.6 Å². The Labute approximate surface area is 241 Å². The van der Waals surface area contributed by atoms with Crippen LogP contribution >= 0.6 is 23.3 Å². The van der Waals surface area contributed by atoms with Crippen LogP contribution in [0.4, 0.5) is 10.8 Å². The van der Waals surface area contributed by atoms with E-state index in [0.717, 1.165) is 22.1 Å². The first-order valence-electron chi connectivity index (χ1n) is 12.1. The number of carbonyl (C=O) groups excluding carboxylic acids is 3. The molecule has 1 saturated heterocycles. The van der Waals surface area contributed by atoms with Crippen molar-refractivity contribution in [3.8, 4) is 0 Å². The van der Waals surface area contributed by atoms with Gasteiger partial charge < -0.3 is 42.4 Å². The second-order valence-electron chi connectivity index (χ2n) is 9.59.